The fraction of sp³-hybridized carbons (Fsp3) is 0.273. The first-order chi connectivity index (χ1) is 15.5. The predicted octanol–water partition coefficient (Wildman–Crippen LogP) is 4.47. The minimum atomic E-state index is -2.54. The van der Waals surface area contributed by atoms with Crippen LogP contribution in [-0.2, 0) is 4.79 Å². The smallest absolute Gasteiger partial charge is 0.255 e. The normalized spacial score (nSPS) is 13.6. The Labute approximate surface area is 181 Å². The Bertz CT molecular complexity index is 1320. The van der Waals surface area contributed by atoms with Crippen LogP contribution in [0, 0.1) is 5.92 Å². The maximum atomic E-state index is 12.7. The summed E-state index contributed by atoms with van der Waals surface area (Å²) in [6.45, 7) is -0.551. The van der Waals surface area contributed by atoms with Crippen molar-refractivity contribution in [2.24, 2.45) is 5.92 Å². The Balaban J connectivity index is 1.61. The molecule has 0 aliphatic heterocycles. The molecule has 32 heavy (non-hydrogen) atoms. The lowest BCUT2D eigenvalue weighted by atomic mass is 10.1. The van der Waals surface area contributed by atoms with Gasteiger partial charge in [-0.25, -0.2) is 23.7 Å². The van der Waals surface area contributed by atoms with E-state index in [0.717, 1.165) is 12.8 Å². The van der Waals surface area contributed by atoms with E-state index in [0.29, 0.717) is 44.9 Å². The average molecular weight is 439 g/mol. The number of alkyl halides is 2. The van der Waals surface area contributed by atoms with E-state index < -0.39 is 13.0 Å². The maximum absolute atomic E-state index is 12.7. The number of methoxy groups -OCH3 is 1. The van der Waals surface area contributed by atoms with Crippen LogP contribution in [0.4, 0.5) is 20.4 Å². The number of hydrogen-bond acceptors (Lipinski definition) is 7. The second kappa shape index (κ2) is 8.03. The SMILES string of the molecule is COc1ccc2oc(-c3cnc(NCC(F)F)c4cnc(NC(=O)C5CC5)cc34)nc2c1. The lowest BCUT2D eigenvalue weighted by Gasteiger charge is -2.12. The number of halogens is 2. The molecule has 2 N–H and O–H groups in total. The van der Waals surface area contributed by atoms with Crippen LogP contribution in [0.3, 0.4) is 0 Å². The third-order valence-electron chi connectivity index (χ3n) is 5.22. The number of aromatic nitrogens is 3. The van der Waals surface area contributed by atoms with Crippen LogP contribution in [0.25, 0.3) is 33.3 Å². The van der Waals surface area contributed by atoms with Gasteiger partial charge in [-0.2, -0.15) is 0 Å². The number of carbonyl (C=O) groups excluding carboxylic acids is 1. The van der Waals surface area contributed by atoms with E-state index in [1.165, 1.54) is 12.4 Å². The zero-order valence-electron chi connectivity index (χ0n) is 17.1. The molecule has 5 rings (SSSR count). The number of oxazole rings is 1. The molecule has 4 aromatic rings. The third-order valence-corrected chi connectivity index (χ3v) is 5.22. The zero-order chi connectivity index (χ0) is 22.2. The lowest BCUT2D eigenvalue weighted by molar-refractivity contribution is -0.117. The quantitative estimate of drug-likeness (QED) is 0.438. The van der Waals surface area contributed by atoms with Crippen molar-refractivity contribution in [3.63, 3.8) is 0 Å². The molecule has 0 saturated heterocycles. The standard InChI is InChI=1S/C22H19F2N5O3/c1-31-12-4-5-17-16(6-12)28-22(32-17)15-9-26-20(27-10-18(23)24)14-8-25-19(7-13(14)15)29-21(30)11-2-3-11/h4-9,11,18H,2-3,10H2,1H3,(H,26,27)(H,25,29,30). The molecule has 3 aromatic heterocycles. The number of carbonyl (C=O) groups is 1. The topological polar surface area (TPSA) is 102 Å². The molecule has 1 aromatic carbocycles. The van der Waals surface area contributed by atoms with Crippen LogP contribution in [0.5, 0.6) is 5.75 Å². The number of benzene rings is 1. The Morgan fingerprint density at radius 2 is 2.06 bits per heavy atom. The molecule has 0 spiro atoms. The number of anilines is 2. The van der Waals surface area contributed by atoms with Crippen molar-refractivity contribution in [1.29, 1.82) is 0 Å². The number of fused-ring (bicyclic) bond motifs is 2. The zero-order valence-corrected chi connectivity index (χ0v) is 17.1. The molecule has 0 bridgehead atoms. The number of ether oxygens (including phenoxy) is 1. The van der Waals surface area contributed by atoms with Crippen molar-refractivity contribution >= 4 is 39.4 Å². The molecule has 0 atom stereocenters. The van der Waals surface area contributed by atoms with Crippen LogP contribution < -0.4 is 15.4 Å². The van der Waals surface area contributed by atoms with E-state index in [1.807, 2.05) is 0 Å². The number of nitrogens with zero attached hydrogens (tertiary/aromatic N) is 3. The van der Waals surface area contributed by atoms with E-state index >= 15 is 0 Å². The van der Waals surface area contributed by atoms with Crippen molar-refractivity contribution in [1.82, 2.24) is 15.0 Å². The Kier molecular flexibility index (Phi) is 5.04. The summed E-state index contributed by atoms with van der Waals surface area (Å²) in [6, 6.07) is 6.94. The van der Waals surface area contributed by atoms with Gasteiger partial charge in [-0.05, 0) is 31.0 Å². The molecule has 1 fully saturated rings. The molecule has 1 aliphatic rings. The van der Waals surface area contributed by atoms with Gasteiger partial charge in [0.25, 0.3) is 6.43 Å². The second-order valence-corrected chi connectivity index (χ2v) is 7.52. The van der Waals surface area contributed by atoms with E-state index in [-0.39, 0.29) is 17.6 Å². The molecule has 0 radical (unpaired) electrons. The minimum Gasteiger partial charge on any atom is -0.497 e. The molecule has 10 heteroatoms. The number of rotatable bonds is 7. The first-order valence-corrected chi connectivity index (χ1v) is 10.1. The summed E-state index contributed by atoms with van der Waals surface area (Å²) in [5, 5.41) is 6.56. The van der Waals surface area contributed by atoms with Crippen LogP contribution in [-0.4, -0.2) is 40.9 Å². The highest BCUT2D eigenvalue weighted by Crippen LogP contribution is 2.35. The number of pyridine rings is 2. The first kappa shape index (κ1) is 20.1. The number of nitrogens with one attached hydrogen (secondary N) is 2. The van der Waals surface area contributed by atoms with Gasteiger partial charge in [0.05, 0.1) is 19.2 Å². The minimum absolute atomic E-state index is 0.0136. The van der Waals surface area contributed by atoms with Crippen molar-refractivity contribution < 1.29 is 22.7 Å². The van der Waals surface area contributed by atoms with Gasteiger partial charge in [0, 0.05) is 35.2 Å². The van der Waals surface area contributed by atoms with Gasteiger partial charge < -0.3 is 19.8 Å². The summed E-state index contributed by atoms with van der Waals surface area (Å²) in [7, 11) is 1.56. The van der Waals surface area contributed by atoms with E-state index in [9.17, 15) is 13.6 Å². The Hall–Kier alpha value is -3.82. The maximum Gasteiger partial charge on any atom is 0.255 e. The predicted molar refractivity (Wildman–Crippen MR) is 115 cm³/mol. The number of hydrogen-bond donors (Lipinski definition) is 2. The molecule has 1 aliphatic carbocycles. The molecule has 8 nitrogen and oxygen atoms in total. The van der Waals surface area contributed by atoms with Gasteiger partial charge in [0.2, 0.25) is 11.8 Å². The van der Waals surface area contributed by atoms with Crippen LogP contribution in [0.15, 0.2) is 41.1 Å². The highest BCUT2D eigenvalue weighted by atomic mass is 19.3. The Morgan fingerprint density at radius 1 is 1.22 bits per heavy atom. The summed E-state index contributed by atoms with van der Waals surface area (Å²) in [5.41, 5.74) is 1.70. The van der Waals surface area contributed by atoms with Gasteiger partial charge in [0.15, 0.2) is 5.58 Å². The monoisotopic (exact) mass is 439 g/mol. The van der Waals surface area contributed by atoms with Crippen molar-refractivity contribution in [3.8, 4) is 17.2 Å². The largest absolute Gasteiger partial charge is 0.497 e. The van der Waals surface area contributed by atoms with Gasteiger partial charge in [-0.3, -0.25) is 4.79 Å². The summed E-state index contributed by atoms with van der Waals surface area (Å²) in [4.78, 5) is 25.3. The first-order valence-electron chi connectivity index (χ1n) is 10.1. The van der Waals surface area contributed by atoms with Gasteiger partial charge in [-0.15, -0.1) is 0 Å². The van der Waals surface area contributed by atoms with Gasteiger partial charge in [-0.1, -0.05) is 0 Å². The molecule has 1 saturated carbocycles. The summed E-state index contributed by atoms with van der Waals surface area (Å²) in [5.74, 6) is 1.49. The van der Waals surface area contributed by atoms with Crippen molar-refractivity contribution in [3.05, 3.63) is 36.7 Å². The molecule has 1 amide bonds. The fourth-order valence-corrected chi connectivity index (χ4v) is 3.41. The third kappa shape index (κ3) is 3.91. The van der Waals surface area contributed by atoms with Gasteiger partial charge in [0.1, 0.15) is 22.9 Å². The van der Waals surface area contributed by atoms with Crippen molar-refractivity contribution in [2.45, 2.75) is 19.3 Å². The van der Waals surface area contributed by atoms with Crippen LogP contribution in [0.1, 0.15) is 12.8 Å². The second-order valence-electron chi connectivity index (χ2n) is 7.52. The van der Waals surface area contributed by atoms with E-state index in [2.05, 4.69) is 25.6 Å². The fourth-order valence-electron chi connectivity index (χ4n) is 3.41. The molecule has 0 unspecified atom stereocenters. The number of amides is 1. The van der Waals surface area contributed by atoms with E-state index in [1.54, 1.807) is 31.4 Å². The molecule has 164 valence electrons. The highest BCUT2D eigenvalue weighted by molar-refractivity contribution is 6.03. The summed E-state index contributed by atoms with van der Waals surface area (Å²) < 4.78 is 36.6. The van der Waals surface area contributed by atoms with Crippen LogP contribution >= 0.6 is 0 Å². The average Bonchev–Trinajstić information content (AvgIpc) is 3.56. The Morgan fingerprint density at radius 3 is 2.81 bits per heavy atom. The van der Waals surface area contributed by atoms with Crippen LogP contribution in [0.2, 0.25) is 0 Å². The van der Waals surface area contributed by atoms with Gasteiger partial charge >= 0.3 is 0 Å². The molecular formula is C22H19F2N5O3. The lowest BCUT2D eigenvalue weighted by Crippen LogP contribution is -2.14. The van der Waals surface area contributed by atoms with E-state index in [4.69, 9.17) is 9.15 Å². The molecule has 3 heterocycles. The summed E-state index contributed by atoms with van der Waals surface area (Å²) in [6.07, 6.45) is 2.19. The highest BCUT2D eigenvalue weighted by Gasteiger charge is 2.30. The van der Waals surface area contributed by atoms with Crippen molar-refractivity contribution in [2.75, 3.05) is 24.3 Å². The molecular weight excluding hydrogens is 420 g/mol. The summed E-state index contributed by atoms with van der Waals surface area (Å²) >= 11 is 0.